The molecule has 0 amide bonds. The van der Waals surface area contributed by atoms with Crippen molar-refractivity contribution in [3.8, 4) is 11.5 Å². The number of nitro groups is 1. The Morgan fingerprint density at radius 2 is 1.71 bits per heavy atom. The Bertz CT molecular complexity index is 1760. The second-order valence-corrected chi connectivity index (χ2v) is 11.2. The average Bonchev–Trinajstić information content (AvgIpc) is 2.91. The van der Waals surface area contributed by atoms with E-state index in [1.54, 1.807) is 24.3 Å². The van der Waals surface area contributed by atoms with Crippen LogP contribution in [0.1, 0.15) is 49.4 Å². The number of ketones is 1. The number of halogens is 3. The zero-order chi connectivity index (χ0) is 29.1. The van der Waals surface area contributed by atoms with Crippen LogP contribution in [0.25, 0.3) is 16.3 Å². The Balaban J connectivity index is 1.38. The molecule has 41 heavy (non-hydrogen) atoms. The number of allylic oxidation sites excluding steroid dienone is 1. The SMILES string of the molecule is CC1(C)CC(=O)C2=C(C1)c1c(ccc3ccccc13)N[C@@H]2c1ccc(Oc2ccc(C(F)(F)F)cc2[N+](=O)[O-])cc1. The molecular formula is C32H25F3N2O4. The lowest BCUT2D eigenvalue weighted by Crippen LogP contribution is -2.33. The van der Waals surface area contributed by atoms with Crippen LogP contribution in [0.2, 0.25) is 0 Å². The number of nitrogens with zero attached hydrogens (tertiary/aromatic N) is 1. The van der Waals surface area contributed by atoms with E-state index >= 15 is 0 Å². The Morgan fingerprint density at radius 1 is 0.976 bits per heavy atom. The van der Waals surface area contributed by atoms with E-state index < -0.39 is 28.4 Å². The summed E-state index contributed by atoms with van der Waals surface area (Å²) in [5.41, 5.74) is 2.41. The number of nitro benzene ring substituents is 1. The van der Waals surface area contributed by atoms with Gasteiger partial charge in [-0.15, -0.1) is 0 Å². The van der Waals surface area contributed by atoms with Crippen LogP contribution in [0.15, 0.2) is 84.4 Å². The molecule has 4 aromatic carbocycles. The molecule has 0 saturated carbocycles. The van der Waals surface area contributed by atoms with Crippen molar-refractivity contribution in [1.29, 1.82) is 0 Å². The second kappa shape index (κ2) is 9.47. The normalized spacial score (nSPS) is 18.0. The lowest BCUT2D eigenvalue weighted by molar-refractivity contribution is -0.385. The maximum Gasteiger partial charge on any atom is 0.416 e. The maximum atomic E-state index is 13.6. The summed E-state index contributed by atoms with van der Waals surface area (Å²) in [6.07, 6.45) is -3.56. The first-order valence-corrected chi connectivity index (χ1v) is 13.1. The minimum Gasteiger partial charge on any atom is -0.450 e. The molecular weight excluding hydrogens is 533 g/mol. The third kappa shape index (κ3) is 4.81. The van der Waals surface area contributed by atoms with E-state index in [1.807, 2.05) is 24.3 Å². The van der Waals surface area contributed by atoms with Crippen LogP contribution in [-0.2, 0) is 11.0 Å². The number of anilines is 1. The smallest absolute Gasteiger partial charge is 0.416 e. The van der Waals surface area contributed by atoms with Gasteiger partial charge in [-0.3, -0.25) is 14.9 Å². The molecule has 1 N–H and O–H groups in total. The molecule has 0 saturated heterocycles. The van der Waals surface area contributed by atoms with Gasteiger partial charge >= 0.3 is 11.9 Å². The van der Waals surface area contributed by atoms with Gasteiger partial charge in [0.2, 0.25) is 5.75 Å². The maximum absolute atomic E-state index is 13.6. The molecule has 1 heterocycles. The van der Waals surface area contributed by atoms with Crippen molar-refractivity contribution < 1.29 is 27.6 Å². The van der Waals surface area contributed by atoms with Gasteiger partial charge in [0.05, 0.1) is 16.5 Å². The van der Waals surface area contributed by atoms with Crippen LogP contribution in [0, 0.1) is 15.5 Å². The van der Waals surface area contributed by atoms with Gasteiger partial charge in [-0.25, -0.2) is 0 Å². The summed E-state index contributed by atoms with van der Waals surface area (Å²) in [5.74, 6) is -0.0146. The third-order valence-corrected chi connectivity index (χ3v) is 7.66. The van der Waals surface area contributed by atoms with E-state index in [9.17, 15) is 28.1 Å². The topological polar surface area (TPSA) is 81.5 Å². The minimum absolute atomic E-state index is 0.0769. The van der Waals surface area contributed by atoms with E-state index in [2.05, 4.69) is 31.3 Å². The van der Waals surface area contributed by atoms with Crippen LogP contribution in [0.3, 0.4) is 0 Å². The van der Waals surface area contributed by atoms with E-state index in [-0.39, 0.29) is 22.7 Å². The Morgan fingerprint density at radius 3 is 2.41 bits per heavy atom. The molecule has 208 valence electrons. The van der Waals surface area contributed by atoms with Gasteiger partial charge in [0, 0.05) is 29.3 Å². The Kier molecular flexibility index (Phi) is 6.13. The van der Waals surface area contributed by atoms with Gasteiger partial charge in [0.25, 0.3) is 0 Å². The molecule has 0 aromatic heterocycles. The molecule has 0 spiro atoms. The third-order valence-electron chi connectivity index (χ3n) is 7.66. The number of carbonyl (C=O) groups is 1. The average molecular weight is 559 g/mol. The number of hydrogen-bond donors (Lipinski definition) is 1. The van der Waals surface area contributed by atoms with Crippen molar-refractivity contribution in [2.45, 2.75) is 38.9 Å². The number of hydrogen-bond acceptors (Lipinski definition) is 5. The summed E-state index contributed by atoms with van der Waals surface area (Å²) in [4.78, 5) is 24.2. The first-order valence-electron chi connectivity index (χ1n) is 13.1. The standard InChI is InChI=1S/C32H25F3N2O4/c1-31(2)16-23-28-22-6-4-3-5-18(22)9-13-24(28)36-30(29(23)26(38)17-31)19-7-11-21(12-8-19)41-27-14-10-20(32(33,34)35)15-25(27)37(39)40/h3-15,30,36H,16-17H2,1-2H3/t30-/m1/s1. The van der Waals surface area contributed by atoms with Crippen molar-refractivity contribution in [1.82, 2.24) is 0 Å². The molecule has 0 unspecified atom stereocenters. The zero-order valence-electron chi connectivity index (χ0n) is 22.2. The van der Waals surface area contributed by atoms with Gasteiger partial charge in [0.1, 0.15) is 5.75 Å². The molecule has 1 aliphatic heterocycles. The highest BCUT2D eigenvalue weighted by atomic mass is 19.4. The summed E-state index contributed by atoms with van der Waals surface area (Å²) in [7, 11) is 0. The van der Waals surface area contributed by atoms with E-state index in [0.717, 1.165) is 57.3 Å². The van der Waals surface area contributed by atoms with Crippen molar-refractivity contribution in [3.05, 3.63) is 111 Å². The Labute approximate surface area is 233 Å². The monoisotopic (exact) mass is 558 g/mol. The van der Waals surface area contributed by atoms with Crippen molar-refractivity contribution >= 4 is 33.5 Å². The lowest BCUT2D eigenvalue weighted by Gasteiger charge is -2.40. The van der Waals surface area contributed by atoms with Gasteiger partial charge in [0.15, 0.2) is 5.78 Å². The van der Waals surface area contributed by atoms with Crippen molar-refractivity contribution in [2.24, 2.45) is 5.41 Å². The number of Topliss-reactive ketones (excluding diaryl/α,β-unsaturated/α-hetero) is 1. The van der Waals surface area contributed by atoms with Crippen LogP contribution in [-0.4, -0.2) is 10.7 Å². The van der Waals surface area contributed by atoms with E-state index in [0.29, 0.717) is 12.5 Å². The number of rotatable bonds is 4. The first kappa shape index (κ1) is 26.6. The number of ether oxygens (including phenoxy) is 1. The number of alkyl halides is 3. The highest BCUT2D eigenvalue weighted by Crippen LogP contribution is 2.52. The fourth-order valence-corrected chi connectivity index (χ4v) is 5.87. The van der Waals surface area contributed by atoms with Crippen molar-refractivity contribution in [3.63, 3.8) is 0 Å². The molecule has 1 aliphatic carbocycles. The number of carbonyl (C=O) groups excluding carboxylic acids is 1. The summed E-state index contributed by atoms with van der Waals surface area (Å²) >= 11 is 0. The van der Waals surface area contributed by atoms with E-state index in [4.69, 9.17) is 4.74 Å². The molecule has 6 nitrogen and oxygen atoms in total. The quantitative estimate of drug-likeness (QED) is 0.200. The molecule has 2 aliphatic rings. The predicted octanol–water partition coefficient (Wildman–Crippen LogP) is 8.87. The number of fused-ring (bicyclic) bond motifs is 4. The highest BCUT2D eigenvalue weighted by Gasteiger charge is 2.41. The summed E-state index contributed by atoms with van der Waals surface area (Å²) in [6, 6.07) is 20.6. The van der Waals surface area contributed by atoms with E-state index in [1.165, 1.54) is 0 Å². The molecule has 0 bridgehead atoms. The largest absolute Gasteiger partial charge is 0.450 e. The van der Waals surface area contributed by atoms with Crippen LogP contribution < -0.4 is 10.1 Å². The van der Waals surface area contributed by atoms with Crippen molar-refractivity contribution in [2.75, 3.05) is 5.32 Å². The fraction of sp³-hybridized carbons (Fsp3) is 0.219. The summed E-state index contributed by atoms with van der Waals surface area (Å²) in [5, 5.41) is 17.2. The summed E-state index contributed by atoms with van der Waals surface area (Å²) in [6.45, 7) is 4.20. The molecule has 0 radical (unpaired) electrons. The number of nitrogens with one attached hydrogen (secondary N) is 1. The first-order chi connectivity index (χ1) is 19.4. The van der Waals surface area contributed by atoms with Crippen LogP contribution in [0.5, 0.6) is 11.5 Å². The molecule has 1 atom stereocenters. The fourth-order valence-electron chi connectivity index (χ4n) is 5.87. The van der Waals surface area contributed by atoms with Gasteiger partial charge < -0.3 is 10.1 Å². The predicted molar refractivity (Wildman–Crippen MR) is 150 cm³/mol. The van der Waals surface area contributed by atoms with Gasteiger partial charge in [-0.05, 0) is 64.1 Å². The molecule has 0 fully saturated rings. The molecule has 4 aromatic rings. The molecule has 9 heteroatoms. The van der Waals surface area contributed by atoms with Gasteiger partial charge in [-0.2, -0.15) is 13.2 Å². The summed E-state index contributed by atoms with van der Waals surface area (Å²) < 4.78 is 44.8. The second-order valence-electron chi connectivity index (χ2n) is 11.2. The lowest BCUT2D eigenvalue weighted by atomic mass is 9.68. The van der Waals surface area contributed by atoms with Crippen LogP contribution >= 0.6 is 0 Å². The minimum atomic E-state index is -4.72. The van der Waals surface area contributed by atoms with Crippen LogP contribution in [0.4, 0.5) is 24.5 Å². The Hall–Kier alpha value is -4.66. The highest BCUT2D eigenvalue weighted by molar-refractivity contribution is 6.12. The number of benzene rings is 4. The zero-order valence-corrected chi connectivity index (χ0v) is 22.2. The van der Waals surface area contributed by atoms with Gasteiger partial charge in [-0.1, -0.05) is 56.3 Å². The molecule has 6 rings (SSSR count).